The van der Waals surface area contributed by atoms with Crippen molar-refractivity contribution < 1.29 is 4.39 Å². The summed E-state index contributed by atoms with van der Waals surface area (Å²) in [5.41, 5.74) is 1.73. The van der Waals surface area contributed by atoms with Gasteiger partial charge in [0.05, 0.1) is 23.3 Å². The van der Waals surface area contributed by atoms with Gasteiger partial charge in [-0.1, -0.05) is 17.7 Å². The minimum Gasteiger partial charge on any atom is -0.376 e. The van der Waals surface area contributed by atoms with E-state index in [0.29, 0.717) is 5.02 Å². The second kappa shape index (κ2) is 5.98. The van der Waals surface area contributed by atoms with Gasteiger partial charge < -0.3 is 15.5 Å². The maximum absolute atomic E-state index is 13.9. The molecule has 4 nitrogen and oxygen atoms in total. The van der Waals surface area contributed by atoms with E-state index >= 15 is 0 Å². The molecule has 6 heteroatoms. The molecule has 0 amide bonds. The van der Waals surface area contributed by atoms with Crippen LogP contribution in [-0.4, -0.2) is 43.0 Å². The van der Waals surface area contributed by atoms with E-state index in [1.54, 1.807) is 6.08 Å². The van der Waals surface area contributed by atoms with E-state index in [1.807, 2.05) is 24.3 Å². The van der Waals surface area contributed by atoms with Crippen molar-refractivity contribution in [3.05, 3.63) is 47.3 Å². The van der Waals surface area contributed by atoms with Crippen LogP contribution in [0.5, 0.6) is 0 Å². The Morgan fingerprint density at radius 3 is 2.91 bits per heavy atom. The standard InChI is InChI=1S/C17H18ClFN4/c18-11-1-3-15-16(9-11)22-17(23-7-5-20-6-8-23)13-10-12(19)2-4-14(13)21-15/h1-4,9-10,13-14,20-21H,5-8H2. The molecule has 120 valence electrons. The van der Waals surface area contributed by atoms with Gasteiger partial charge in [-0.2, -0.15) is 0 Å². The third-order valence-electron chi connectivity index (χ3n) is 4.44. The molecule has 1 aromatic rings. The van der Waals surface area contributed by atoms with E-state index in [-0.39, 0.29) is 17.8 Å². The van der Waals surface area contributed by atoms with Gasteiger partial charge in [-0.15, -0.1) is 0 Å². The molecule has 1 aliphatic carbocycles. The van der Waals surface area contributed by atoms with Crippen molar-refractivity contribution in [2.24, 2.45) is 10.9 Å². The molecule has 2 atom stereocenters. The van der Waals surface area contributed by atoms with Crippen molar-refractivity contribution in [2.75, 3.05) is 31.5 Å². The Kier molecular flexibility index (Phi) is 3.83. The molecule has 2 heterocycles. The average Bonchev–Trinajstić information content (AvgIpc) is 2.72. The topological polar surface area (TPSA) is 39.7 Å². The van der Waals surface area contributed by atoms with Gasteiger partial charge >= 0.3 is 0 Å². The van der Waals surface area contributed by atoms with Gasteiger partial charge in [0.15, 0.2) is 0 Å². The zero-order chi connectivity index (χ0) is 15.8. The summed E-state index contributed by atoms with van der Waals surface area (Å²) < 4.78 is 13.9. The summed E-state index contributed by atoms with van der Waals surface area (Å²) in [4.78, 5) is 7.11. The fourth-order valence-electron chi connectivity index (χ4n) is 3.29. The van der Waals surface area contributed by atoms with Crippen LogP contribution >= 0.6 is 11.6 Å². The van der Waals surface area contributed by atoms with E-state index in [1.165, 1.54) is 6.08 Å². The van der Waals surface area contributed by atoms with Crippen LogP contribution in [0.15, 0.2) is 47.2 Å². The van der Waals surface area contributed by atoms with Crippen LogP contribution in [0.3, 0.4) is 0 Å². The molecule has 0 saturated carbocycles. The van der Waals surface area contributed by atoms with Gasteiger partial charge in [-0.25, -0.2) is 9.38 Å². The quantitative estimate of drug-likeness (QED) is 0.767. The van der Waals surface area contributed by atoms with Crippen molar-refractivity contribution in [1.82, 2.24) is 10.2 Å². The summed E-state index contributed by atoms with van der Waals surface area (Å²) >= 11 is 6.13. The zero-order valence-corrected chi connectivity index (χ0v) is 13.4. The number of nitrogens with zero attached hydrogens (tertiary/aromatic N) is 2. The first-order chi connectivity index (χ1) is 11.2. The van der Waals surface area contributed by atoms with Crippen LogP contribution < -0.4 is 10.6 Å². The van der Waals surface area contributed by atoms with Gasteiger partial charge in [0, 0.05) is 31.2 Å². The number of rotatable bonds is 0. The molecule has 0 bridgehead atoms. The second-order valence-electron chi connectivity index (χ2n) is 5.98. The summed E-state index contributed by atoms with van der Waals surface area (Å²) in [5, 5.41) is 7.46. The fraction of sp³-hybridized carbons (Fsp3) is 0.353. The lowest BCUT2D eigenvalue weighted by Crippen LogP contribution is -2.50. The van der Waals surface area contributed by atoms with Crippen molar-refractivity contribution in [3.63, 3.8) is 0 Å². The highest BCUT2D eigenvalue weighted by Gasteiger charge is 2.32. The van der Waals surface area contributed by atoms with Crippen LogP contribution in [0.25, 0.3) is 0 Å². The van der Waals surface area contributed by atoms with Gasteiger partial charge in [-0.05, 0) is 30.4 Å². The number of piperazine rings is 1. The van der Waals surface area contributed by atoms with Gasteiger partial charge in [0.25, 0.3) is 0 Å². The molecule has 23 heavy (non-hydrogen) atoms. The number of hydrogen-bond donors (Lipinski definition) is 2. The molecular formula is C17H18ClFN4. The van der Waals surface area contributed by atoms with E-state index in [4.69, 9.17) is 16.6 Å². The molecule has 1 fully saturated rings. The largest absolute Gasteiger partial charge is 0.376 e. The summed E-state index contributed by atoms with van der Waals surface area (Å²) in [5.74, 6) is 0.577. The van der Waals surface area contributed by atoms with E-state index in [2.05, 4.69) is 15.5 Å². The first kappa shape index (κ1) is 14.7. The minimum atomic E-state index is -0.208. The molecule has 0 radical (unpaired) electrons. The maximum atomic E-state index is 13.9. The fourth-order valence-corrected chi connectivity index (χ4v) is 3.46. The minimum absolute atomic E-state index is 0.00874. The Balaban J connectivity index is 1.81. The van der Waals surface area contributed by atoms with Crippen molar-refractivity contribution in [1.29, 1.82) is 0 Å². The molecule has 4 rings (SSSR count). The summed E-state index contributed by atoms with van der Waals surface area (Å²) in [6.45, 7) is 3.57. The molecule has 2 N–H and O–H groups in total. The number of halogens is 2. The van der Waals surface area contributed by atoms with E-state index in [9.17, 15) is 4.39 Å². The van der Waals surface area contributed by atoms with Crippen molar-refractivity contribution in [3.8, 4) is 0 Å². The predicted molar refractivity (Wildman–Crippen MR) is 92.2 cm³/mol. The lowest BCUT2D eigenvalue weighted by molar-refractivity contribution is 0.343. The average molecular weight is 333 g/mol. The van der Waals surface area contributed by atoms with Crippen LogP contribution in [0.2, 0.25) is 5.02 Å². The monoisotopic (exact) mass is 332 g/mol. The Hall–Kier alpha value is -1.85. The van der Waals surface area contributed by atoms with Crippen molar-refractivity contribution in [2.45, 2.75) is 6.04 Å². The number of allylic oxidation sites excluding steroid dienone is 2. The first-order valence-corrected chi connectivity index (χ1v) is 8.24. The second-order valence-corrected chi connectivity index (χ2v) is 6.41. The lowest BCUT2D eigenvalue weighted by Gasteiger charge is -2.35. The molecular weight excluding hydrogens is 315 g/mol. The highest BCUT2D eigenvalue weighted by molar-refractivity contribution is 6.31. The number of aliphatic imine (C=N–C) groups is 1. The third-order valence-corrected chi connectivity index (χ3v) is 4.68. The zero-order valence-electron chi connectivity index (χ0n) is 12.6. The summed E-state index contributed by atoms with van der Waals surface area (Å²) in [7, 11) is 0. The summed E-state index contributed by atoms with van der Waals surface area (Å²) in [6, 6.07) is 5.62. The SMILES string of the molecule is FC1=CC2C(N3CCNCC3)=Nc3cc(Cl)ccc3NC2C=C1. The maximum Gasteiger partial charge on any atom is 0.119 e. The highest BCUT2D eigenvalue weighted by atomic mass is 35.5. The number of anilines is 1. The van der Waals surface area contributed by atoms with Gasteiger partial charge in [-0.3, -0.25) is 0 Å². The summed E-state index contributed by atoms with van der Waals surface area (Å²) in [6.07, 6.45) is 5.05. The van der Waals surface area contributed by atoms with Crippen molar-refractivity contribution >= 4 is 28.8 Å². The lowest BCUT2D eigenvalue weighted by atomic mass is 9.92. The number of fused-ring (bicyclic) bond motifs is 2. The molecule has 2 unspecified atom stereocenters. The molecule has 2 aliphatic heterocycles. The number of nitrogens with one attached hydrogen (secondary N) is 2. The third kappa shape index (κ3) is 2.86. The van der Waals surface area contributed by atoms with Crippen LogP contribution in [-0.2, 0) is 0 Å². The molecule has 0 spiro atoms. The number of amidine groups is 1. The molecule has 3 aliphatic rings. The Morgan fingerprint density at radius 2 is 2.09 bits per heavy atom. The first-order valence-electron chi connectivity index (χ1n) is 7.86. The molecule has 1 saturated heterocycles. The van der Waals surface area contributed by atoms with Gasteiger partial charge in [0.1, 0.15) is 11.7 Å². The number of hydrogen-bond acceptors (Lipinski definition) is 4. The molecule has 0 aromatic heterocycles. The number of benzene rings is 1. The molecule has 1 aromatic carbocycles. The van der Waals surface area contributed by atoms with Gasteiger partial charge in [0.2, 0.25) is 0 Å². The van der Waals surface area contributed by atoms with Crippen LogP contribution in [0, 0.1) is 5.92 Å². The Morgan fingerprint density at radius 1 is 1.26 bits per heavy atom. The van der Waals surface area contributed by atoms with E-state index in [0.717, 1.165) is 43.4 Å². The smallest absolute Gasteiger partial charge is 0.119 e. The normalized spacial score (nSPS) is 26.4. The predicted octanol–water partition coefficient (Wildman–Crippen LogP) is 3.11. The van der Waals surface area contributed by atoms with Crippen LogP contribution in [0.1, 0.15) is 0 Å². The van der Waals surface area contributed by atoms with Crippen LogP contribution in [0.4, 0.5) is 15.8 Å². The Labute approximate surface area is 139 Å². The highest BCUT2D eigenvalue weighted by Crippen LogP contribution is 2.36. The van der Waals surface area contributed by atoms with E-state index < -0.39 is 0 Å². The Bertz CT molecular complexity index is 707.